The monoisotopic (exact) mass is 359 g/mol. The van der Waals surface area contributed by atoms with Crippen molar-refractivity contribution >= 4 is 29.0 Å². The van der Waals surface area contributed by atoms with Gasteiger partial charge in [0.15, 0.2) is 17.3 Å². The molecule has 0 spiro atoms. The molecule has 0 aliphatic carbocycles. The van der Waals surface area contributed by atoms with Crippen LogP contribution in [0.15, 0.2) is 34.0 Å². The number of allylic oxidation sites excluding steroid dienone is 2. The van der Waals surface area contributed by atoms with E-state index in [1.54, 1.807) is 0 Å². The highest BCUT2D eigenvalue weighted by atomic mass is 35.5. The number of Topliss-reactive ketones (excluding diaryl/α,β-unsaturated/α-hetero) is 1. The fraction of sp³-hybridized carbons (Fsp3) is 0.267. The van der Waals surface area contributed by atoms with Gasteiger partial charge in [0.1, 0.15) is 0 Å². The average molecular weight is 360 g/mol. The number of hydrogen-bond donors (Lipinski definition) is 2. The number of hydroxylamine groups is 2. The quantitative estimate of drug-likeness (QED) is 0.785. The lowest BCUT2D eigenvalue weighted by atomic mass is 10.00. The third kappa shape index (κ3) is 3.55. The first kappa shape index (κ1) is 17.5. The number of benzene rings is 1. The molecule has 2 rings (SSSR count). The predicted molar refractivity (Wildman–Crippen MR) is 85.5 cm³/mol. The molecule has 0 saturated heterocycles. The summed E-state index contributed by atoms with van der Waals surface area (Å²) in [6, 6.07) is 2.96. The normalized spacial score (nSPS) is 14.7. The van der Waals surface area contributed by atoms with E-state index in [0.29, 0.717) is 11.3 Å². The Balaban J connectivity index is 2.32. The van der Waals surface area contributed by atoms with E-state index in [2.05, 4.69) is 0 Å². The largest absolute Gasteiger partial charge is 0.504 e. The van der Waals surface area contributed by atoms with Crippen molar-refractivity contribution in [3.05, 3.63) is 39.5 Å². The number of carbonyl (C=O) groups is 1. The Bertz CT molecular complexity index is 699. The summed E-state index contributed by atoms with van der Waals surface area (Å²) >= 11 is 12.1. The second kappa shape index (κ2) is 7.12. The van der Waals surface area contributed by atoms with Gasteiger partial charge in [0.2, 0.25) is 5.75 Å². The van der Waals surface area contributed by atoms with Crippen LogP contribution in [-0.2, 0) is 0 Å². The molecule has 0 radical (unpaired) electrons. The summed E-state index contributed by atoms with van der Waals surface area (Å²) in [5, 5.41) is 20.8. The molecule has 0 aromatic heterocycles. The first-order chi connectivity index (χ1) is 10.9. The maximum Gasteiger partial charge on any atom is 0.203 e. The minimum absolute atomic E-state index is 0.0400. The third-order valence-corrected chi connectivity index (χ3v) is 4.01. The zero-order valence-electron chi connectivity index (χ0n) is 12.5. The van der Waals surface area contributed by atoms with Gasteiger partial charge in [-0.1, -0.05) is 23.2 Å². The van der Waals surface area contributed by atoms with E-state index in [9.17, 15) is 15.1 Å². The molecule has 1 aromatic carbocycles. The molecule has 0 atom stereocenters. The smallest absolute Gasteiger partial charge is 0.203 e. The van der Waals surface area contributed by atoms with Crippen LogP contribution in [0.3, 0.4) is 0 Å². The number of ether oxygens (including phenoxy) is 2. The molecule has 1 aromatic rings. The van der Waals surface area contributed by atoms with Gasteiger partial charge in [0, 0.05) is 17.7 Å². The lowest BCUT2D eigenvalue weighted by Crippen LogP contribution is -2.20. The van der Waals surface area contributed by atoms with Crippen LogP contribution in [0.5, 0.6) is 17.2 Å². The molecule has 2 N–H and O–H groups in total. The molecule has 1 aliphatic rings. The summed E-state index contributed by atoms with van der Waals surface area (Å²) in [6.07, 6.45) is 1.15. The Labute approximate surface area is 143 Å². The Hall–Kier alpha value is -1.89. The summed E-state index contributed by atoms with van der Waals surface area (Å²) in [6.45, 7) is 0.0400. The Morgan fingerprint density at radius 3 is 2.57 bits per heavy atom. The first-order valence-electron chi connectivity index (χ1n) is 6.56. The summed E-state index contributed by atoms with van der Waals surface area (Å²) in [4.78, 5) is 12.5. The van der Waals surface area contributed by atoms with Crippen LogP contribution in [0.25, 0.3) is 0 Å². The highest BCUT2D eigenvalue weighted by Gasteiger charge is 2.24. The number of rotatable bonds is 5. The lowest BCUT2D eigenvalue weighted by Gasteiger charge is -2.21. The molecule has 1 heterocycles. The van der Waals surface area contributed by atoms with Crippen molar-refractivity contribution in [1.29, 1.82) is 0 Å². The van der Waals surface area contributed by atoms with E-state index in [4.69, 9.17) is 32.7 Å². The number of ketones is 1. The molecule has 0 saturated carbocycles. The van der Waals surface area contributed by atoms with Gasteiger partial charge >= 0.3 is 0 Å². The van der Waals surface area contributed by atoms with Gasteiger partial charge in [-0.05, 0) is 17.7 Å². The molecule has 124 valence electrons. The Kier molecular flexibility index (Phi) is 5.41. The molecular weight excluding hydrogens is 345 g/mol. The number of halogens is 2. The summed E-state index contributed by atoms with van der Waals surface area (Å²) in [7, 11) is 2.79. The highest BCUT2D eigenvalue weighted by molar-refractivity contribution is 6.36. The van der Waals surface area contributed by atoms with Gasteiger partial charge in [-0.15, -0.1) is 0 Å². The minimum Gasteiger partial charge on any atom is -0.504 e. The second-order valence-electron chi connectivity index (χ2n) is 4.76. The molecule has 0 bridgehead atoms. The fourth-order valence-electron chi connectivity index (χ4n) is 2.19. The van der Waals surface area contributed by atoms with Crippen molar-refractivity contribution in [1.82, 2.24) is 5.06 Å². The van der Waals surface area contributed by atoms with Gasteiger partial charge in [-0.3, -0.25) is 15.1 Å². The van der Waals surface area contributed by atoms with E-state index in [1.807, 2.05) is 0 Å². The van der Waals surface area contributed by atoms with Crippen LogP contribution < -0.4 is 9.47 Å². The van der Waals surface area contributed by atoms with Gasteiger partial charge in [0.25, 0.3) is 0 Å². The van der Waals surface area contributed by atoms with Gasteiger partial charge in [-0.2, -0.15) is 0 Å². The third-order valence-electron chi connectivity index (χ3n) is 3.34. The molecular formula is C15H15Cl2NO5. The van der Waals surface area contributed by atoms with Crippen LogP contribution >= 0.6 is 23.2 Å². The molecule has 0 amide bonds. The van der Waals surface area contributed by atoms with Crippen molar-refractivity contribution in [2.75, 3.05) is 20.8 Å². The summed E-state index contributed by atoms with van der Waals surface area (Å²) in [5.74, 6) is -0.321. The van der Waals surface area contributed by atoms with E-state index in [0.717, 1.165) is 5.06 Å². The molecule has 0 unspecified atom stereocenters. The number of nitrogens with zero attached hydrogens (tertiary/aromatic N) is 1. The standard InChI is InChI=1S/C15H15Cl2NO5/c1-22-13-4-3-8(14(20)15(13)23-2)12(19)5-9-10(16)6-18(21)7-11(9)17/h3-4,6,20-21H,5,7H2,1-2H3. The van der Waals surface area contributed by atoms with Gasteiger partial charge in [0.05, 0.1) is 31.4 Å². The SMILES string of the molecule is COc1ccc(C(=O)CC2=C(Cl)CN(O)C=C2Cl)c(O)c1OC. The van der Waals surface area contributed by atoms with Gasteiger partial charge in [-0.25, -0.2) is 0 Å². The Morgan fingerprint density at radius 2 is 2.00 bits per heavy atom. The first-order valence-corrected chi connectivity index (χ1v) is 7.32. The topological polar surface area (TPSA) is 79.2 Å². The zero-order valence-corrected chi connectivity index (χ0v) is 14.0. The minimum atomic E-state index is -0.394. The van der Waals surface area contributed by atoms with Crippen molar-refractivity contribution in [3.8, 4) is 17.2 Å². The van der Waals surface area contributed by atoms with Crippen molar-refractivity contribution in [2.45, 2.75) is 6.42 Å². The summed E-state index contributed by atoms with van der Waals surface area (Å²) < 4.78 is 10.1. The van der Waals surface area contributed by atoms with Crippen molar-refractivity contribution < 1.29 is 24.6 Å². The van der Waals surface area contributed by atoms with Crippen molar-refractivity contribution in [2.24, 2.45) is 0 Å². The number of carbonyl (C=O) groups excluding carboxylic acids is 1. The number of methoxy groups -OCH3 is 2. The number of aromatic hydroxyl groups is 1. The predicted octanol–water partition coefficient (Wildman–Crippen LogP) is 3.26. The van der Waals surface area contributed by atoms with Gasteiger partial charge < -0.3 is 14.6 Å². The lowest BCUT2D eigenvalue weighted by molar-refractivity contribution is -0.0320. The average Bonchev–Trinajstić information content (AvgIpc) is 2.50. The van der Waals surface area contributed by atoms with Crippen LogP contribution in [0.2, 0.25) is 0 Å². The van der Waals surface area contributed by atoms with E-state index in [1.165, 1.54) is 32.6 Å². The fourth-order valence-corrected chi connectivity index (χ4v) is 2.83. The zero-order chi connectivity index (χ0) is 17.1. The van der Waals surface area contributed by atoms with E-state index in [-0.39, 0.29) is 40.1 Å². The van der Waals surface area contributed by atoms with Crippen LogP contribution in [0.1, 0.15) is 16.8 Å². The number of hydrogen-bond acceptors (Lipinski definition) is 6. The van der Waals surface area contributed by atoms with E-state index >= 15 is 0 Å². The highest BCUT2D eigenvalue weighted by Crippen LogP contribution is 2.40. The van der Waals surface area contributed by atoms with Crippen LogP contribution in [0, 0.1) is 0 Å². The molecule has 1 aliphatic heterocycles. The van der Waals surface area contributed by atoms with E-state index < -0.39 is 5.78 Å². The molecule has 6 nitrogen and oxygen atoms in total. The van der Waals surface area contributed by atoms with Crippen LogP contribution in [0.4, 0.5) is 0 Å². The van der Waals surface area contributed by atoms with Crippen LogP contribution in [-0.4, -0.2) is 41.9 Å². The maximum atomic E-state index is 12.5. The maximum absolute atomic E-state index is 12.5. The molecule has 8 heteroatoms. The number of phenolic OH excluding ortho intramolecular Hbond substituents is 1. The molecule has 23 heavy (non-hydrogen) atoms. The van der Waals surface area contributed by atoms with Crippen molar-refractivity contribution in [3.63, 3.8) is 0 Å². The molecule has 0 fully saturated rings. The number of phenols is 1. The Morgan fingerprint density at radius 1 is 1.30 bits per heavy atom. The summed E-state index contributed by atoms with van der Waals surface area (Å²) in [5.41, 5.74) is 0.466. The second-order valence-corrected chi connectivity index (χ2v) is 5.62.